The van der Waals surface area contributed by atoms with Crippen LogP contribution in [0.1, 0.15) is 27.2 Å². The summed E-state index contributed by atoms with van der Waals surface area (Å²) >= 11 is 0. The minimum atomic E-state index is -0.353. The third-order valence-corrected chi connectivity index (χ3v) is 2.37. The van der Waals surface area contributed by atoms with Crippen LogP contribution >= 0.6 is 0 Å². The molecule has 18 heavy (non-hydrogen) atoms. The van der Waals surface area contributed by atoms with Crippen molar-refractivity contribution in [2.24, 2.45) is 11.0 Å². The molecule has 104 valence electrons. The van der Waals surface area contributed by atoms with E-state index in [9.17, 15) is 9.90 Å². The molecule has 0 amide bonds. The third-order valence-electron chi connectivity index (χ3n) is 2.37. The van der Waals surface area contributed by atoms with Crippen molar-refractivity contribution in [3.05, 3.63) is 10.4 Å². The molecule has 7 nitrogen and oxygen atoms in total. The van der Waals surface area contributed by atoms with E-state index in [0.717, 1.165) is 13.0 Å². The van der Waals surface area contributed by atoms with Gasteiger partial charge in [-0.2, -0.15) is 0 Å². The first-order valence-corrected chi connectivity index (χ1v) is 5.92. The predicted molar refractivity (Wildman–Crippen MR) is 67.9 cm³/mol. The minimum absolute atomic E-state index is 0.146. The molecular weight excluding hydrogens is 236 g/mol. The van der Waals surface area contributed by atoms with Crippen LogP contribution in [0.5, 0.6) is 0 Å². The molecule has 2 atom stereocenters. The van der Waals surface area contributed by atoms with Gasteiger partial charge in [-0.1, -0.05) is 5.11 Å². The molecule has 0 aromatic rings. The summed E-state index contributed by atoms with van der Waals surface area (Å²) < 4.78 is 4.55. The lowest BCUT2D eigenvalue weighted by Gasteiger charge is -2.26. The Morgan fingerprint density at radius 3 is 2.67 bits per heavy atom. The van der Waals surface area contributed by atoms with Crippen molar-refractivity contribution < 1.29 is 14.6 Å². The van der Waals surface area contributed by atoms with Crippen LogP contribution in [0.2, 0.25) is 0 Å². The van der Waals surface area contributed by atoms with Crippen LogP contribution in [0.3, 0.4) is 0 Å². The summed E-state index contributed by atoms with van der Waals surface area (Å²) in [5.74, 6) is 0.146. The first-order valence-electron chi connectivity index (χ1n) is 5.92. The fraction of sp³-hybridized carbons (Fsp3) is 0.909. The summed E-state index contributed by atoms with van der Waals surface area (Å²) in [6.07, 6.45) is 0.537. The monoisotopic (exact) mass is 258 g/mol. The molecule has 0 bridgehead atoms. The van der Waals surface area contributed by atoms with Crippen molar-refractivity contribution in [3.63, 3.8) is 0 Å². The number of aliphatic hydroxyl groups excluding tert-OH is 1. The Hall–Kier alpha value is -1.30. The molecule has 1 saturated heterocycles. The van der Waals surface area contributed by atoms with E-state index < -0.39 is 0 Å². The second-order valence-electron chi connectivity index (χ2n) is 5.06. The first-order chi connectivity index (χ1) is 8.40. The largest absolute Gasteiger partial charge is 0.462 e. The van der Waals surface area contributed by atoms with Gasteiger partial charge in [0.15, 0.2) is 0 Å². The van der Waals surface area contributed by atoms with Crippen molar-refractivity contribution in [2.45, 2.75) is 38.9 Å². The van der Waals surface area contributed by atoms with E-state index in [1.807, 2.05) is 20.8 Å². The van der Waals surface area contributed by atoms with Crippen molar-refractivity contribution in [2.75, 3.05) is 19.6 Å². The number of carbonyl (C=O) groups is 1. The Bertz CT molecular complexity index is 285. The number of β-amino-alcohol motifs (C(OH)–C–C–N with tert-alkyl or cyclic N) is 1. The van der Waals surface area contributed by atoms with Crippen molar-refractivity contribution in [1.29, 1.82) is 0 Å². The van der Waals surface area contributed by atoms with Gasteiger partial charge in [-0.05, 0) is 45.2 Å². The molecule has 2 N–H and O–H groups in total. The summed E-state index contributed by atoms with van der Waals surface area (Å²) in [5.41, 5.74) is 7.73. The number of azide groups is 1. The molecule has 0 aliphatic carbocycles. The Labute approximate surface area is 107 Å². The number of hydrogen-bond donors (Lipinski definition) is 2. The zero-order chi connectivity index (χ0) is 14.0. The smallest absolute Gasteiger partial charge is 0.293 e. The van der Waals surface area contributed by atoms with Gasteiger partial charge in [0.05, 0.1) is 6.10 Å². The number of piperidine rings is 1. The van der Waals surface area contributed by atoms with Gasteiger partial charge in [0.25, 0.3) is 6.47 Å². The van der Waals surface area contributed by atoms with Gasteiger partial charge in [-0.3, -0.25) is 4.79 Å². The highest BCUT2D eigenvalue weighted by Crippen LogP contribution is 2.12. The topological polar surface area (TPSA) is 107 Å². The predicted octanol–water partition coefficient (Wildman–Crippen LogP) is 1.22. The summed E-state index contributed by atoms with van der Waals surface area (Å²) in [7, 11) is 0. The molecule has 0 spiro atoms. The summed E-state index contributed by atoms with van der Waals surface area (Å²) in [6.45, 7) is 7.86. The van der Waals surface area contributed by atoms with Crippen LogP contribution in [0.4, 0.5) is 0 Å². The van der Waals surface area contributed by atoms with E-state index in [1.165, 1.54) is 0 Å². The van der Waals surface area contributed by atoms with E-state index in [2.05, 4.69) is 20.1 Å². The highest BCUT2D eigenvalue weighted by atomic mass is 16.5. The maximum atomic E-state index is 9.60. The lowest BCUT2D eigenvalue weighted by atomic mass is 9.95. The van der Waals surface area contributed by atoms with Crippen LogP contribution in [-0.4, -0.2) is 42.9 Å². The maximum absolute atomic E-state index is 9.60. The van der Waals surface area contributed by atoms with Gasteiger partial charge < -0.3 is 15.2 Å². The standard InChI is InChI=1S/C6H12N4O.C5H10O2/c7-10-9-3-5-1-2-8-4-6(5)11;1-5(2,3)7-4-6/h5-6,8,11H,1-4H2;4H,1-3H3. The Kier molecular flexibility index (Phi) is 8.11. The van der Waals surface area contributed by atoms with Gasteiger partial charge in [0, 0.05) is 18.0 Å². The number of aliphatic hydroxyl groups is 1. The molecule has 1 fully saturated rings. The number of hydrogen-bond acceptors (Lipinski definition) is 5. The average molecular weight is 258 g/mol. The molecule has 0 aromatic heterocycles. The number of rotatable bonds is 3. The van der Waals surface area contributed by atoms with Crippen molar-refractivity contribution >= 4 is 6.47 Å². The molecule has 2 unspecified atom stereocenters. The van der Waals surface area contributed by atoms with Crippen LogP contribution in [-0.2, 0) is 9.53 Å². The molecule has 1 aliphatic heterocycles. The van der Waals surface area contributed by atoms with E-state index in [-0.39, 0.29) is 17.6 Å². The van der Waals surface area contributed by atoms with Gasteiger partial charge in [0.2, 0.25) is 0 Å². The molecule has 1 rings (SSSR count). The highest BCUT2D eigenvalue weighted by Gasteiger charge is 2.21. The van der Waals surface area contributed by atoms with Gasteiger partial charge >= 0.3 is 0 Å². The van der Waals surface area contributed by atoms with Crippen molar-refractivity contribution in [1.82, 2.24) is 5.32 Å². The minimum Gasteiger partial charge on any atom is -0.462 e. The third kappa shape index (κ3) is 8.81. The van der Waals surface area contributed by atoms with Crippen LogP contribution in [0.15, 0.2) is 5.11 Å². The van der Waals surface area contributed by atoms with E-state index in [4.69, 9.17) is 5.53 Å². The quantitative estimate of drug-likeness (QED) is 0.343. The molecule has 7 heteroatoms. The fourth-order valence-electron chi connectivity index (χ4n) is 1.40. The second kappa shape index (κ2) is 8.74. The van der Waals surface area contributed by atoms with Crippen LogP contribution in [0.25, 0.3) is 10.4 Å². The zero-order valence-electron chi connectivity index (χ0n) is 11.2. The van der Waals surface area contributed by atoms with E-state index >= 15 is 0 Å². The molecule has 0 saturated carbocycles. The summed E-state index contributed by atoms with van der Waals surface area (Å²) in [4.78, 5) is 12.3. The summed E-state index contributed by atoms with van der Waals surface area (Å²) in [6, 6.07) is 0. The van der Waals surface area contributed by atoms with Crippen molar-refractivity contribution in [3.8, 4) is 0 Å². The number of nitrogens with one attached hydrogen (secondary N) is 1. The molecule has 1 heterocycles. The molecular formula is C11H22N4O3. The van der Waals surface area contributed by atoms with Crippen LogP contribution in [0, 0.1) is 5.92 Å². The lowest BCUT2D eigenvalue weighted by Crippen LogP contribution is -2.41. The molecule has 1 aliphatic rings. The SMILES string of the molecule is CC(C)(C)OC=O.[N-]=[N+]=NCC1CCNCC1O. The lowest BCUT2D eigenvalue weighted by molar-refractivity contribution is -0.138. The first kappa shape index (κ1) is 16.7. The molecule has 0 aromatic carbocycles. The highest BCUT2D eigenvalue weighted by molar-refractivity contribution is 5.37. The zero-order valence-corrected chi connectivity index (χ0v) is 11.2. The van der Waals surface area contributed by atoms with E-state index in [0.29, 0.717) is 19.6 Å². The Morgan fingerprint density at radius 1 is 1.61 bits per heavy atom. The Balaban J connectivity index is 0.000000360. The van der Waals surface area contributed by atoms with Crippen LogP contribution < -0.4 is 5.32 Å². The van der Waals surface area contributed by atoms with Gasteiger partial charge in [0.1, 0.15) is 5.60 Å². The van der Waals surface area contributed by atoms with Gasteiger partial charge in [-0.15, -0.1) is 0 Å². The normalized spacial score (nSPS) is 23.1. The number of carbonyl (C=O) groups excluding carboxylic acids is 1. The molecule has 0 radical (unpaired) electrons. The average Bonchev–Trinajstić information content (AvgIpc) is 2.27. The maximum Gasteiger partial charge on any atom is 0.293 e. The number of ether oxygens (including phenoxy) is 1. The fourth-order valence-corrected chi connectivity index (χ4v) is 1.40. The summed E-state index contributed by atoms with van der Waals surface area (Å²) in [5, 5.41) is 15.8. The number of nitrogens with zero attached hydrogens (tertiary/aromatic N) is 3. The van der Waals surface area contributed by atoms with Gasteiger partial charge in [-0.25, -0.2) is 0 Å². The second-order valence-corrected chi connectivity index (χ2v) is 5.06. The Morgan fingerprint density at radius 2 is 2.28 bits per heavy atom. The van der Waals surface area contributed by atoms with E-state index in [1.54, 1.807) is 0 Å².